The Hall–Kier alpha value is -1.59. The van der Waals surface area contributed by atoms with Crippen LogP contribution in [0.25, 0.3) is 10.8 Å². The third-order valence-corrected chi connectivity index (χ3v) is 6.46. The van der Waals surface area contributed by atoms with E-state index in [0.29, 0.717) is 17.2 Å². The van der Waals surface area contributed by atoms with E-state index in [1.165, 1.54) is 0 Å². The molecule has 0 N–H and O–H groups in total. The van der Waals surface area contributed by atoms with Gasteiger partial charge in [0.2, 0.25) is 10.0 Å². The lowest BCUT2D eigenvalue weighted by Gasteiger charge is -2.32. The molecule has 4 nitrogen and oxygen atoms in total. The van der Waals surface area contributed by atoms with Gasteiger partial charge in [-0.3, -0.25) is 0 Å². The Morgan fingerprint density at radius 2 is 1.82 bits per heavy atom. The number of rotatable bonds is 3. The van der Waals surface area contributed by atoms with Crippen LogP contribution in [0.5, 0.6) is 5.75 Å². The van der Waals surface area contributed by atoms with Crippen molar-refractivity contribution >= 4 is 20.8 Å². The van der Waals surface area contributed by atoms with E-state index in [1.54, 1.807) is 23.5 Å². The van der Waals surface area contributed by atoms with Gasteiger partial charge >= 0.3 is 0 Å². The van der Waals surface area contributed by atoms with Crippen LogP contribution < -0.4 is 4.74 Å². The van der Waals surface area contributed by atoms with E-state index in [-0.39, 0.29) is 6.04 Å². The van der Waals surface area contributed by atoms with Gasteiger partial charge in [-0.2, -0.15) is 4.31 Å². The van der Waals surface area contributed by atoms with Crippen molar-refractivity contribution in [1.29, 1.82) is 0 Å². The molecule has 0 bridgehead atoms. The average molecular weight is 319 g/mol. The second-order valence-corrected chi connectivity index (χ2v) is 7.63. The van der Waals surface area contributed by atoms with Gasteiger partial charge in [-0.1, -0.05) is 30.7 Å². The molecule has 3 rings (SSSR count). The molecule has 5 heteroatoms. The average Bonchev–Trinajstić information content (AvgIpc) is 2.54. The minimum atomic E-state index is -3.49. The van der Waals surface area contributed by atoms with Crippen LogP contribution >= 0.6 is 0 Å². The molecule has 118 valence electrons. The molecule has 0 aromatic heterocycles. The van der Waals surface area contributed by atoms with Gasteiger partial charge < -0.3 is 4.74 Å². The highest BCUT2D eigenvalue weighted by molar-refractivity contribution is 7.89. The molecule has 0 saturated carbocycles. The molecule has 2 aromatic carbocycles. The van der Waals surface area contributed by atoms with E-state index >= 15 is 0 Å². The van der Waals surface area contributed by atoms with Gasteiger partial charge in [-0.05, 0) is 31.9 Å². The molecule has 1 saturated heterocycles. The molecule has 2 aromatic rings. The van der Waals surface area contributed by atoms with E-state index < -0.39 is 10.0 Å². The lowest BCUT2D eigenvalue weighted by atomic mass is 10.1. The summed E-state index contributed by atoms with van der Waals surface area (Å²) in [6.07, 6.45) is 2.95. The predicted octanol–water partition coefficient (Wildman–Crippen LogP) is 3.41. The summed E-state index contributed by atoms with van der Waals surface area (Å²) in [6.45, 7) is 2.59. The van der Waals surface area contributed by atoms with Gasteiger partial charge in [0.05, 0.1) is 12.0 Å². The zero-order chi connectivity index (χ0) is 15.7. The first-order valence-corrected chi connectivity index (χ1v) is 9.07. The third-order valence-electron chi connectivity index (χ3n) is 4.39. The fourth-order valence-corrected chi connectivity index (χ4v) is 5.10. The lowest BCUT2D eigenvalue weighted by Crippen LogP contribution is -2.41. The summed E-state index contributed by atoms with van der Waals surface area (Å²) in [5.41, 5.74) is 0. The number of benzene rings is 2. The van der Waals surface area contributed by atoms with Crippen LogP contribution in [-0.4, -0.2) is 32.4 Å². The molecule has 1 aliphatic heterocycles. The molecule has 1 unspecified atom stereocenters. The van der Waals surface area contributed by atoms with E-state index in [9.17, 15) is 8.42 Å². The van der Waals surface area contributed by atoms with Crippen LogP contribution in [0, 0.1) is 0 Å². The number of hydrogen-bond donors (Lipinski definition) is 0. The Bertz CT molecular complexity index is 786. The van der Waals surface area contributed by atoms with E-state index in [1.807, 2.05) is 31.2 Å². The van der Waals surface area contributed by atoms with Crippen LogP contribution in [0.1, 0.15) is 26.2 Å². The van der Waals surface area contributed by atoms with Crippen molar-refractivity contribution in [3.63, 3.8) is 0 Å². The molecule has 1 heterocycles. The van der Waals surface area contributed by atoms with Crippen LogP contribution in [0.2, 0.25) is 0 Å². The van der Waals surface area contributed by atoms with E-state index in [2.05, 4.69) is 0 Å². The minimum Gasteiger partial charge on any atom is -0.496 e. The number of sulfonamides is 1. The summed E-state index contributed by atoms with van der Waals surface area (Å²) in [4.78, 5) is 0.373. The smallest absolute Gasteiger partial charge is 0.243 e. The highest BCUT2D eigenvalue weighted by Crippen LogP contribution is 2.34. The monoisotopic (exact) mass is 319 g/mol. The molecular formula is C17H21NO3S. The Balaban J connectivity index is 2.17. The molecule has 1 fully saturated rings. The maximum atomic E-state index is 13.1. The number of piperidine rings is 1. The lowest BCUT2D eigenvalue weighted by molar-refractivity contribution is 0.269. The van der Waals surface area contributed by atoms with Crippen molar-refractivity contribution in [3.05, 3.63) is 36.4 Å². The number of fused-ring (bicyclic) bond motifs is 1. The standard InChI is InChI=1S/C17H21NO3S/c1-13-7-5-6-12-18(13)22(19,20)17-11-10-16(21-2)14-8-3-4-9-15(14)17/h3-4,8-11,13H,5-7,12H2,1-2H3. The summed E-state index contributed by atoms with van der Waals surface area (Å²) < 4.78 is 33.2. The third kappa shape index (κ3) is 2.48. The van der Waals surface area contributed by atoms with Crippen LogP contribution in [-0.2, 0) is 10.0 Å². The molecule has 0 spiro atoms. The first-order chi connectivity index (χ1) is 10.6. The van der Waals surface area contributed by atoms with Crippen LogP contribution in [0.4, 0.5) is 0 Å². The predicted molar refractivity (Wildman–Crippen MR) is 87.7 cm³/mol. The summed E-state index contributed by atoms with van der Waals surface area (Å²) in [7, 11) is -1.89. The number of methoxy groups -OCH3 is 1. The van der Waals surface area contributed by atoms with Gasteiger partial charge in [-0.15, -0.1) is 0 Å². The molecule has 1 aliphatic rings. The molecule has 22 heavy (non-hydrogen) atoms. The van der Waals surface area contributed by atoms with Gasteiger partial charge in [0.15, 0.2) is 0 Å². The zero-order valence-corrected chi connectivity index (χ0v) is 13.8. The van der Waals surface area contributed by atoms with Gasteiger partial charge in [0.25, 0.3) is 0 Å². The molecule has 1 atom stereocenters. The van der Waals surface area contributed by atoms with Crippen molar-refractivity contribution in [3.8, 4) is 5.75 Å². The fraction of sp³-hybridized carbons (Fsp3) is 0.412. The Kier molecular flexibility index (Phi) is 4.10. The summed E-state index contributed by atoms with van der Waals surface area (Å²) >= 11 is 0. The largest absolute Gasteiger partial charge is 0.496 e. The summed E-state index contributed by atoms with van der Waals surface area (Å²) in [6, 6.07) is 11.0. The SMILES string of the molecule is COc1ccc(S(=O)(=O)N2CCCCC2C)c2ccccc12. The maximum absolute atomic E-state index is 13.1. The zero-order valence-electron chi connectivity index (χ0n) is 13.0. The highest BCUT2D eigenvalue weighted by Gasteiger charge is 2.32. The second-order valence-electron chi connectivity index (χ2n) is 5.77. The first-order valence-electron chi connectivity index (χ1n) is 7.63. The normalized spacial score (nSPS) is 20.2. The quantitative estimate of drug-likeness (QED) is 0.871. The molecular weight excluding hydrogens is 298 g/mol. The van der Waals surface area contributed by atoms with Gasteiger partial charge in [0.1, 0.15) is 5.75 Å². The van der Waals surface area contributed by atoms with Gasteiger partial charge in [-0.25, -0.2) is 8.42 Å². The molecule has 0 radical (unpaired) electrons. The van der Waals surface area contributed by atoms with Gasteiger partial charge in [0, 0.05) is 23.4 Å². The van der Waals surface area contributed by atoms with E-state index in [0.717, 1.165) is 30.0 Å². The number of ether oxygens (including phenoxy) is 1. The molecule has 0 amide bonds. The van der Waals surface area contributed by atoms with Crippen molar-refractivity contribution in [2.24, 2.45) is 0 Å². The van der Waals surface area contributed by atoms with Crippen LogP contribution in [0.3, 0.4) is 0 Å². The summed E-state index contributed by atoms with van der Waals surface area (Å²) in [5, 5.41) is 1.55. The highest BCUT2D eigenvalue weighted by atomic mass is 32.2. The van der Waals surface area contributed by atoms with Crippen molar-refractivity contribution < 1.29 is 13.2 Å². The molecule has 0 aliphatic carbocycles. The Morgan fingerprint density at radius 3 is 2.50 bits per heavy atom. The first kappa shape index (κ1) is 15.3. The number of hydrogen-bond acceptors (Lipinski definition) is 3. The van der Waals surface area contributed by atoms with Crippen molar-refractivity contribution in [2.45, 2.75) is 37.1 Å². The number of nitrogens with zero attached hydrogens (tertiary/aromatic N) is 1. The maximum Gasteiger partial charge on any atom is 0.243 e. The van der Waals surface area contributed by atoms with E-state index in [4.69, 9.17) is 4.74 Å². The Morgan fingerprint density at radius 1 is 1.09 bits per heavy atom. The van der Waals surface area contributed by atoms with Crippen LogP contribution in [0.15, 0.2) is 41.3 Å². The van der Waals surface area contributed by atoms with Crippen molar-refractivity contribution in [2.75, 3.05) is 13.7 Å². The fourth-order valence-electron chi connectivity index (χ4n) is 3.20. The topological polar surface area (TPSA) is 46.6 Å². The van der Waals surface area contributed by atoms with Crippen molar-refractivity contribution in [1.82, 2.24) is 4.31 Å². The summed E-state index contributed by atoms with van der Waals surface area (Å²) in [5.74, 6) is 0.696. The second kappa shape index (κ2) is 5.89. The Labute approximate surface area is 131 Å². The minimum absolute atomic E-state index is 0.0552.